The maximum Gasteiger partial charge on any atom is 0.243 e. The van der Waals surface area contributed by atoms with Gasteiger partial charge in [0.25, 0.3) is 0 Å². The van der Waals surface area contributed by atoms with Gasteiger partial charge in [-0.2, -0.15) is 0 Å². The highest BCUT2D eigenvalue weighted by Crippen LogP contribution is 2.35. The molecule has 1 aliphatic heterocycles. The molecule has 0 spiro atoms. The lowest BCUT2D eigenvalue weighted by Gasteiger charge is -2.31. The molecule has 1 aromatic rings. The van der Waals surface area contributed by atoms with E-state index < -0.39 is 6.04 Å². The Bertz CT molecular complexity index is 913. The molecule has 0 radical (unpaired) electrons. The van der Waals surface area contributed by atoms with Crippen LogP contribution in [0, 0.1) is 18.8 Å². The normalized spacial score (nSPS) is 20.7. The lowest BCUT2D eigenvalue weighted by atomic mass is 9.85. The first-order chi connectivity index (χ1) is 15.7. The molecule has 0 saturated carbocycles. The molecule has 0 bridgehead atoms. The molecule has 0 unspecified atom stereocenters. The molecule has 4 amide bonds. The van der Waals surface area contributed by atoms with Crippen LogP contribution in [0.15, 0.2) is 36.4 Å². The summed E-state index contributed by atoms with van der Waals surface area (Å²) in [7, 11) is 0. The third-order valence-corrected chi connectivity index (χ3v) is 6.40. The number of fused-ring (bicyclic) bond motifs is 1. The van der Waals surface area contributed by atoms with Crippen molar-refractivity contribution in [2.75, 3.05) is 6.54 Å². The third kappa shape index (κ3) is 5.70. The van der Waals surface area contributed by atoms with Crippen molar-refractivity contribution in [2.45, 2.75) is 72.0 Å². The van der Waals surface area contributed by atoms with Crippen molar-refractivity contribution >= 4 is 23.6 Å². The molecule has 3 rings (SSSR count). The fourth-order valence-electron chi connectivity index (χ4n) is 4.75. The SMILES string of the molecule is CC[C@@H](C(=O)NC(C)C)N(Cc1cccc(C)c1)C(=O)CCN1C(=O)[C@H]2CC=CC[C@H]2C1=O. The molecule has 1 N–H and O–H groups in total. The Labute approximate surface area is 196 Å². The first-order valence-electron chi connectivity index (χ1n) is 11.9. The Morgan fingerprint density at radius 3 is 2.30 bits per heavy atom. The second-order valence-corrected chi connectivity index (χ2v) is 9.33. The van der Waals surface area contributed by atoms with Gasteiger partial charge in [0, 0.05) is 25.6 Å². The van der Waals surface area contributed by atoms with Gasteiger partial charge >= 0.3 is 0 Å². The summed E-state index contributed by atoms with van der Waals surface area (Å²) in [6, 6.07) is 7.18. The third-order valence-electron chi connectivity index (χ3n) is 6.40. The summed E-state index contributed by atoms with van der Waals surface area (Å²) in [4.78, 5) is 54.6. The standard InChI is InChI=1S/C26H35N3O4/c1-5-22(24(31)27-17(2)3)29(16-19-10-8-9-18(4)15-19)23(30)13-14-28-25(32)20-11-6-7-12-21(20)26(28)33/h6-10,15,17,20-22H,5,11-14,16H2,1-4H3,(H,27,31)/t20-,21+,22-/m0/s1. The first kappa shape index (κ1) is 24.7. The van der Waals surface area contributed by atoms with Crippen LogP contribution in [-0.4, -0.2) is 52.1 Å². The Morgan fingerprint density at radius 1 is 1.12 bits per heavy atom. The Hall–Kier alpha value is -2.96. The smallest absolute Gasteiger partial charge is 0.243 e. The Kier molecular flexibility index (Phi) is 8.06. The average molecular weight is 454 g/mol. The molecular formula is C26H35N3O4. The minimum atomic E-state index is -0.628. The molecule has 7 nitrogen and oxygen atoms in total. The van der Waals surface area contributed by atoms with E-state index in [1.807, 2.05) is 64.1 Å². The van der Waals surface area contributed by atoms with Gasteiger partial charge in [0.05, 0.1) is 11.8 Å². The molecule has 1 aliphatic carbocycles. The number of rotatable bonds is 9. The number of hydrogen-bond donors (Lipinski definition) is 1. The highest BCUT2D eigenvalue weighted by molar-refractivity contribution is 6.05. The average Bonchev–Trinajstić information content (AvgIpc) is 3.01. The van der Waals surface area contributed by atoms with Crippen LogP contribution in [0.3, 0.4) is 0 Å². The van der Waals surface area contributed by atoms with Crippen LogP contribution in [0.4, 0.5) is 0 Å². The summed E-state index contributed by atoms with van der Waals surface area (Å²) in [5.74, 6) is -1.41. The number of aryl methyl sites for hydroxylation is 1. The number of allylic oxidation sites excluding steroid dienone is 2. The molecule has 1 fully saturated rings. The van der Waals surface area contributed by atoms with Gasteiger partial charge < -0.3 is 10.2 Å². The number of imide groups is 1. The van der Waals surface area contributed by atoms with Crippen LogP contribution < -0.4 is 5.32 Å². The molecule has 0 aromatic heterocycles. The summed E-state index contributed by atoms with van der Waals surface area (Å²) in [5.41, 5.74) is 2.01. The number of amides is 4. The molecular weight excluding hydrogens is 418 g/mol. The maximum absolute atomic E-state index is 13.4. The lowest BCUT2D eigenvalue weighted by molar-refractivity contribution is -0.144. The number of nitrogens with zero attached hydrogens (tertiary/aromatic N) is 2. The summed E-state index contributed by atoms with van der Waals surface area (Å²) < 4.78 is 0. The summed E-state index contributed by atoms with van der Waals surface area (Å²) in [5, 5.41) is 2.91. The molecule has 3 atom stereocenters. The lowest BCUT2D eigenvalue weighted by Crippen LogP contribution is -2.51. The van der Waals surface area contributed by atoms with E-state index in [2.05, 4.69) is 5.32 Å². The van der Waals surface area contributed by atoms with Crippen LogP contribution in [0.2, 0.25) is 0 Å². The maximum atomic E-state index is 13.4. The topological polar surface area (TPSA) is 86.8 Å². The zero-order chi connectivity index (χ0) is 24.1. The quantitative estimate of drug-likeness (QED) is 0.460. The van der Waals surface area contributed by atoms with E-state index in [-0.39, 0.29) is 54.5 Å². The predicted octanol–water partition coefficient (Wildman–Crippen LogP) is 2.97. The number of likely N-dealkylation sites (tertiary alicyclic amines) is 1. The van der Waals surface area contributed by atoms with E-state index >= 15 is 0 Å². The zero-order valence-corrected chi connectivity index (χ0v) is 20.0. The number of nitrogens with one attached hydrogen (secondary N) is 1. The van der Waals surface area contributed by atoms with Gasteiger partial charge in [-0.1, -0.05) is 48.9 Å². The molecule has 33 heavy (non-hydrogen) atoms. The summed E-state index contributed by atoms with van der Waals surface area (Å²) in [6.07, 6.45) is 5.52. The number of carbonyl (C=O) groups excluding carboxylic acids is 4. The first-order valence-corrected chi connectivity index (χ1v) is 11.9. The highest BCUT2D eigenvalue weighted by atomic mass is 16.2. The molecule has 1 aromatic carbocycles. The van der Waals surface area contributed by atoms with Crippen LogP contribution in [0.1, 0.15) is 57.6 Å². The van der Waals surface area contributed by atoms with E-state index in [9.17, 15) is 19.2 Å². The molecule has 7 heteroatoms. The monoisotopic (exact) mass is 453 g/mol. The van der Waals surface area contributed by atoms with Crippen molar-refractivity contribution in [3.05, 3.63) is 47.5 Å². The Morgan fingerprint density at radius 2 is 1.76 bits per heavy atom. The van der Waals surface area contributed by atoms with Crippen LogP contribution in [0.25, 0.3) is 0 Å². The number of benzene rings is 1. The second-order valence-electron chi connectivity index (χ2n) is 9.33. The van der Waals surface area contributed by atoms with Gasteiger partial charge in [-0.25, -0.2) is 0 Å². The molecule has 178 valence electrons. The Balaban J connectivity index is 1.76. The van der Waals surface area contributed by atoms with Crippen LogP contribution in [0.5, 0.6) is 0 Å². The minimum Gasteiger partial charge on any atom is -0.352 e. The van der Waals surface area contributed by atoms with Crippen molar-refractivity contribution in [1.82, 2.24) is 15.1 Å². The molecule has 1 heterocycles. The van der Waals surface area contributed by atoms with Gasteiger partial charge in [0.1, 0.15) is 6.04 Å². The van der Waals surface area contributed by atoms with Crippen LogP contribution in [-0.2, 0) is 25.7 Å². The number of hydrogen-bond acceptors (Lipinski definition) is 4. The van der Waals surface area contributed by atoms with Gasteiger partial charge in [-0.05, 0) is 45.6 Å². The van der Waals surface area contributed by atoms with Crippen molar-refractivity contribution in [2.24, 2.45) is 11.8 Å². The van der Waals surface area contributed by atoms with E-state index in [1.54, 1.807) is 4.90 Å². The van der Waals surface area contributed by atoms with Crippen LogP contribution >= 0.6 is 0 Å². The predicted molar refractivity (Wildman–Crippen MR) is 126 cm³/mol. The van der Waals surface area contributed by atoms with E-state index in [4.69, 9.17) is 0 Å². The van der Waals surface area contributed by atoms with Crippen molar-refractivity contribution < 1.29 is 19.2 Å². The van der Waals surface area contributed by atoms with Crippen molar-refractivity contribution in [3.63, 3.8) is 0 Å². The minimum absolute atomic E-state index is 0.00161. The van der Waals surface area contributed by atoms with Gasteiger partial charge in [0.2, 0.25) is 23.6 Å². The van der Waals surface area contributed by atoms with Crippen molar-refractivity contribution in [3.8, 4) is 0 Å². The summed E-state index contributed by atoms with van der Waals surface area (Å²) >= 11 is 0. The fraction of sp³-hybridized carbons (Fsp3) is 0.538. The van der Waals surface area contributed by atoms with Gasteiger partial charge in [0.15, 0.2) is 0 Å². The van der Waals surface area contributed by atoms with Crippen molar-refractivity contribution in [1.29, 1.82) is 0 Å². The fourth-order valence-corrected chi connectivity index (χ4v) is 4.75. The zero-order valence-electron chi connectivity index (χ0n) is 20.0. The van der Waals surface area contributed by atoms with Gasteiger partial charge in [-0.15, -0.1) is 0 Å². The number of carbonyl (C=O) groups is 4. The second kappa shape index (κ2) is 10.8. The molecule has 2 aliphatic rings. The highest BCUT2D eigenvalue weighted by Gasteiger charge is 2.47. The van der Waals surface area contributed by atoms with E-state index in [0.29, 0.717) is 25.8 Å². The molecule has 1 saturated heterocycles. The van der Waals surface area contributed by atoms with E-state index in [0.717, 1.165) is 11.1 Å². The van der Waals surface area contributed by atoms with Gasteiger partial charge in [-0.3, -0.25) is 24.1 Å². The summed E-state index contributed by atoms with van der Waals surface area (Å²) in [6.45, 7) is 7.98. The van der Waals surface area contributed by atoms with E-state index in [1.165, 1.54) is 4.90 Å². The largest absolute Gasteiger partial charge is 0.352 e.